The maximum Gasteiger partial charge on any atom is 0.271 e. The molecule has 3 atom stereocenters. The van der Waals surface area contributed by atoms with Gasteiger partial charge < -0.3 is 9.47 Å². The highest BCUT2D eigenvalue weighted by Gasteiger charge is 2.66. The van der Waals surface area contributed by atoms with E-state index >= 15 is 0 Å². The Kier molecular flexibility index (Phi) is 6.67. The van der Waals surface area contributed by atoms with Crippen LogP contribution in [0.4, 0.5) is 11.4 Å². The lowest BCUT2D eigenvalue weighted by Gasteiger charge is -2.56. The zero-order valence-corrected chi connectivity index (χ0v) is 23.7. The van der Waals surface area contributed by atoms with Gasteiger partial charge in [-0.1, -0.05) is 91.0 Å². The van der Waals surface area contributed by atoms with E-state index < -0.39 is 17.7 Å². The van der Waals surface area contributed by atoms with Gasteiger partial charge in [-0.25, -0.2) is 0 Å². The molecule has 0 aromatic heterocycles. The highest BCUT2D eigenvalue weighted by Crippen LogP contribution is 2.57. The number of β-lactam (4-membered cyclic amide) rings is 1. The van der Waals surface area contributed by atoms with E-state index in [2.05, 4.69) is 0 Å². The average molecular weight is 567 g/mol. The molecule has 1 saturated heterocycles. The summed E-state index contributed by atoms with van der Waals surface area (Å²) < 4.78 is 12.0. The maximum absolute atomic E-state index is 14.5. The number of hydrogen-bond acceptors (Lipinski definition) is 4. The molecule has 0 radical (unpaired) electrons. The molecule has 7 rings (SSSR count). The Morgan fingerprint density at radius 1 is 0.698 bits per heavy atom. The molecule has 2 aliphatic heterocycles. The van der Waals surface area contributed by atoms with Gasteiger partial charge in [0.15, 0.2) is 0 Å². The summed E-state index contributed by atoms with van der Waals surface area (Å²) in [7, 11) is 1.63. The Morgan fingerprint density at radius 3 is 1.93 bits per heavy atom. The third kappa shape index (κ3) is 4.34. The second-order valence-corrected chi connectivity index (χ2v) is 10.8. The molecule has 212 valence electrons. The number of carbonyl (C=O) groups excluding carboxylic acids is 2. The minimum absolute atomic E-state index is 0.146. The summed E-state index contributed by atoms with van der Waals surface area (Å²) in [6.07, 6.45) is -0.405. The molecule has 6 nitrogen and oxygen atoms in total. The number of para-hydroxylation sites is 3. The van der Waals surface area contributed by atoms with E-state index in [0.29, 0.717) is 29.1 Å². The number of fused-ring (bicyclic) bond motifs is 3. The van der Waals surface area contributed by atoms with Gasteiger partial charge in [0.2, 0.25) is 6.10 Å². The van der Waals surface area contributed by atoms with Gasteiger partial charge in [0, 0.05) is 12.0 Å². The minimum atomic E-state index is -0.902. The van der Waals surface area contributed by atoms with Crippen molar-refractivity contribution in [1.82, 2.24) is 0 Å². The molecule has 5 aromatic carbocycles. The first-order chi connectivity index (χ1) is 21.1. The van der Waals surface area contributed by atoms with Crippen LogP contribution in [0.15, 0.2) is 140 Å². The zero-order chi connectivity index (χ0) is 29.4. The number of anilines is 2. The Hall–Kier alpha value is -5.36. The van der Waals surface area contributed by atoms with E-state index in [1.54, 1.807) is 7.11 Å². The maximum atomic E-state index is 14.5. The lowest BCUT2D eigenvalue weighted by atomic mass is 9.70. The molecule has 6 heteroatoms. The van der Waals surface area contributed by atoms with Crippen molar-refractivity contribution in [3.05, 3.63) is 156 Å². The Bertz CT molecular complexity index is 1760. The van der Waals surface area contributed by atoms with Crippen LogP contribution in [0.3, 0.4) is 0 Å². The highest BCUT2D eigenvalue weighted by atomic mass is 16.5. The van der Waals surface area contributed by atoms with E-state index in [1.165, 1.54) is 0 Å². The second-order valence-electron chi connectivity index (χ2n) is 10.8. The van der Waals surface area contributed by atoms with Gasteiger partial charge in [0.1, 0.15) is 17.0 Å². The Balaban J connectivity index is 1.48. The number of hydrogen-bond donors (Lipinski definition) is 0. The molecule has 0 bridgehead atoms. The summed E-state index contributed by atoms with van der Waals surface area (Å²) in [6.45, 7) is 0. The topological polar surface area (TPSA) is 59.1 Å². The van der Waals surface area contributed by atoms with E-state index in [1.807, 2.05) is 149 Å². The molecule has 0 spiro atoms. The van der Waals surface area contributed by atoms with Crippen LogP contribution in [0.2, 0.25) is 0 Å². The van der Waals surface area contributed by atoms with Crippen molar-refractivity contribution >= 4 is 23.2 Å². The molecule has 43 heavy (non-hydrogen) atoms. The van der Waals surface area contributed by atoms with Crippen LogP contribution in [0.5, 0.6) is 11.5 Å². The lowest BCUT2D eigenvalue weighted by Crippen LogP contribution is -2.74. The van der Waals surface area contributed by atoms with Crippen LogP contribution < -0.4 is 19.3 Å². The van der Waals surface area contributed by atoms with Gasteiger partial charge >= 0.3 is 0 Å². The SMILES string of the molecule is COc1ccc([C@H]2C[C@@]3(c4ccccc4)[C@H](Oc4ccccc4)C(=O)N3c3ccccc3N2C(=O)c2ccccc2)cc1. The van der Waals surface area contributed by atoms with Crippen molar-refractivity contribution < 1.29 is 19.1 Å². The first-order valence-electron chi connectivity index (χ1n) is 14.3. The standard InChI is InChI=1S/C37H30N2O4/c1-42-29-23-21-26(22-24-29)33-25-37(28-15-7-3-8-16-28)34(43-30-17-9-4-10-18-30)36(41)39(37)32-20-12-11-19-31(32)38(33)35(40)27-13-5-2-6-14-27/h2-24,33-34H,25H2,1H3/t33-,34-,37-/m1/s1. The van der Waals surface area contributed by atoms with Crippen molar-refractivity contribution in [2.45, 2.75) is 24.1 Å². The molecule has 2 aliphatic rings. The van der Waals surface area contributed by atoms with Crippen LogP contribution >= 0.6 is 0 Å². The van der Waals surface area contributed by atoms with Crippen molar-refractivity contribution in [3.8, 4) is 11.5 Å². The minimum Gasteiger partial charge on any atom is -0.497 e. The van der Waals surface area contributed by atoms with Crippen molar-refractivity contribution in [3.63, 3.8) is 0 Å². The molecule has 2 amide bonds. The molecular formula is C37H30N2O4. The lowest BCUT2D eigenvalue weighted by molar-refractivity contribution is -0.142. The average Bonchev–Trinajstić information content (AvgIpc) is 3.19. The molecule has 1 fully saturated rings. The quantitative estimate of drug-likeness (QED) is 0.204. The van der Waals surface area contributed by atoms with Crippen LogP contribution in [-0.4, -0.2) is 25.0 Å². The number of carbonyl (C=O) groups is 2. The number of rotatable bonds is 6. The fourth-order valence-electron chi connectivity index (χ4n) is 6.48. The molecule has 0 unspecified atom stereocenters. The molecule has 0 aliphatic carbocycles. The fourth-order valence-corrected chi connectivity index (χ4v) is 6.48. The normalized spacial score (nSPS) is 20.7. The van der Waals surface area contributed by atoms with Crippen LogP contribution in [-0.2, 0) is 10.3 Å². The van der Waals surface area contributed by atoms with Crippen LogP contribution in [0.25, 0.3) is 0 Å². The predicted octanol–water partition coefficient (Wildman–Crippen LogP) is 7.18. The van der Waals surface area contributed by atoms with Crippen LogP contribution in [0.1, 0.15) is 33.9 Å². The summed E-state index contributed by atoms with van der Waals surface area (Å²) in [4.78, 5) is 32.5. The first-order valence-corrected chi connectivity index (χ1v) is 14.3. The summed E-state index contributed by atoms with van der Waals surface area (Å²) in [5.74, 6) is 1.05. The number of ether oxygens (including phenoxy) is 2. The van der Waals surface area contributed by atoms with Crippen molar-refractivity contribution in [2.24, 2.45) is 0 Å². The van der Waals surface area contributed by atoms with E-state index in [0.717, 1.165) is 16.9 Å². The third-order valence-corrected chi connectivity index (χ3v) is 8.49. The smallest absolute Gasteiger partial charge is 0.271 e. The fraction of sp³-hybridized carbons (Fsp3) is 0.135. The summed E-state index contributed by atoms with van der Waals surface area (Å²) in [5.41, 5.74) is 2.87. The van der Waals surface area contributed by atoms with E-state index in [4.69, 9.17) is 9.47 Å². The zero-order valence-electron chi connectivity index (χ0n) is 23.7. The number of methoxy groups -OCH3 is 1. The van der Waals surface area contributed by atoms with Crippen LogP contribution in [0, 0.1) is 0 Å². The monoisotopic (exact) mass is 566 g/mol. The number of amides is 2. The molecule has 0 N–H and O–H groups in total. The molecular weight excluding hydrogens is 536 g/mol. The largest absolute Gasteiger partial charge is 0.497 e. The van der Waals surface area contributed by atoms with Crippen molar-refractivity contribution in [2.75, 3.05) is 16.9 Å². The van der Waals surface area contributed by atoms with E-state index in [-0.39, 0.29) is 11.8 Å². The first kappa shape index (κ1) is 26.5. The molecule has 0 saturated carbocycles. The van der Waals surface area contributed by atoms with E-state index in [9.17, 15) is 9.59 Å². The number of benzene rings is 5. The molecule has 2 heterocycles. The van der Waals surface area contributed by atoms with Crippen molar-refractivity contribution in [1.29, 1.82) is 0 Å². The van der Waals surface area contributed by atoms with Gasteiger partial charge in [-0.15, -0.1) is 0 Å². The molecule has 5 aromatic rings. The number of nitrogens with zero attached hydrogens (tertiary/aromatic N) is 2. The Morgan fingerprint density at radius 2 is 1.28 bits per heavy atom. The van der Waals surface area contributed by atoms with Gasteiger partial charge in [0.25, 0.3) is 11.8 Å². The van der Waals surface area contributed by atoms with Gasteiger partial charge in [-0.2, -0.15) is 0 Å². The predicted molar refractivity (Wildman–Crippen MR) is 167 cm³/mol. The van der Waals surface area contributed by atoms with Gasteiger partial charge in [0.05, 0.1) is 24.5 Å². The van der Waals surface area contributed by atoms with Gasteiger partial charge in [-0.3, -0.25) is 19.4 Å². The summed E-state index contributed by atoms with van der Waals surface area (Å²) >= 11 is 0. The summed E-state index contributed by atoms with van der Waals surface area (Å²) in [5, 5.41) is 0. The Labute approximate surface area is 250 Å². The third-order valence-electron chi connectivity index (χ3n) is 8.49. The summed E-state index contributed by atoms with van der Waals surface area (Å²) in [6, 6.07) is 43.8. The van der Waals surface area contributed by atoms with Gasteiger partial charge in [-0.05, 0) is 59.7 Å². The second kappa shape index (κ2) is 10.8. The highest BCUT2D eigenvalue weighted by molar-refractivity contribution is 6.14.